The number of aromatic nitrogens is 1. The maximum absolute atomic E-state index is 12.3. The van der Waals surface area contributed by atoms with Crippen molar-refractivity contribution in [3.63, 3.8) is 0 Å². The number of nitrogens with zero attached hydrogens (tertiary/aromatic N) is 3. The van der Waals surface area contributed by atoms with Crippen molar-refractivity contribution in [2.45, 2.75) is 32.8 Å². The van der Waals surface area contributed by atoms with E-state index >= 15 is 0 Å². The second-order valence-electron chi connectivity index (χ2n) is 8.77. The molecule has 0 saturated carbocycles. The zero-order chi connectivity index (χ0) is 23.0. The number of amides is 1. The van der Waals surface area contributed by atoms with Crippen LogP contribution in [-0.2, 0) is 11.2 Å². The van der Waals surface area contributed by atoms with Gasteiger partial charge in [-0.2, -0.15) is 0 Å². The summed E-state index contributed by atoms with van der Waals surface area (Å²) in [5.74, 6) is 0.698. The molecule has 4 rings (SSSR count). The molecule has 32 heavy (non-hydrogen) atoms. The van der Waals surface area contributed by atoms with Crippen LogP contribution in [-0.4, -0.2) is 29.4 Å². The molecule has 0 bridgehead atoms. The van der Waals surface area contributed by atoms with E-state index in [2.05, 4.69) is 16.0 Å². The van der Waals surface area contributed by atoms with Crippen LogP contribution in [0.2, 0.25) is 5.02 Å². The van der Waals surface area contributed by atoms with Crippen LogP contribution >= 0.6 is 11.6 Å². The lowest BCUT2D eigenvalue weighted by Gasteiger charge is -2.24. The zero-order valence-corrected chi connectivity index (χ0v) is 19.3. The summed E-state index contributed by atoms with van der Waals surface area (Å²) in [7, 11) is 1.69. The highest BCUT2D eigenvalue weighted by Gasteiger charge is 2.22. The zero-order valence-electron chi connectivity index (χ0n) is 18.5. The molecule has 2 heterocycles. The summed E-state index contributed by atoms with van der Waals surface area (Å²) in [5, 5.41) is 0.621. The van der Waals surface area contributed by atoms with E-state index in [0.29, 0.717) is 22.9 Å². The molecular formula is C25H25ClN4O2. The molecule has 3 aromatic rings. The number of rotatable bonds is 3. The van der Waals surface area contributed by atoms with E-state index in [1.54, 1.807) is 25.4 Å². The van der Waals surface area contributed by atoms with Crippen LogP contribution in [0.1, 0.15) is 31.9 Å². The van der Waals surface area contributed by atoms with Gasteiger partial charge in [0.1, 0.15) is 5.60 Å². The van der Waals surface area contributed by atoms with Gasteiger partial charge >= 0.3 is 6.09 Å². The molecular weight excluding hydrogens is 424 g/mol. The molecule has 0 spiro atoms. The number of carbonyl (C=O) groups is 1. The summed E-state index contributed by atoms with van der Waals surface area (Å²) in [4.78, 5) is 23.0. The number of hydrogen-bond donors (Lipinski definition) is 1. The van der Waals surface area contributed by atoms with Crippen molar-refractivity contribution in [2.24, 2.45) is 4.99 Å². The highest BCUT2D eigenvalue weighted by atomic mass is 35.5. The highest BCUT2D eigenvalue weighted by molar-refractivity contribution is 6.34. The van der Waals surface area contributed by atoms with Gasteiger partial charge in [0.2, 0.25) is 0 Å². The number of nitrogen functional groups attached to an aromatic ring is 1. The molecule has 6 nitrogen and oxygen atoms in total. The monoisotopic (exact) mass is 448 g/mol. The first-order valence-corrected chi connectivity index (χ1v) is 10.7. The molecule has 2 N–H and O–H groups in total. The minimum absolute atomic E-state index is 0.394. The molecule has 1 aliphatic rings. The standard InChI is InChI=1S/C25H25ClN4O2/c1-25(2,3)32-24(31)30(4)19-8-5-15(6-9-19)17-11-16-12-22(29-23(16)28-14-17)20-13-18(27)7-10-21(20)26/h5-11,13-14H,12,27H2,1-4H3. The quantitative estimate of drug-likeness (QED) is 0.496. The number of nitrogens with two attached hydrogens (primary N) is 1. The summed E-state index contributed by atoms with van der Waals surface area (Å²) in [6, 6.07) is 15.2. The Bertz CT molecular complexity index is 1210. The van der Waals surface area contributed by atoms with Gasteiger partial charge in [0, 0.05) is 52.8 Å². The number of carbonyl (C=O) groups excluding carboxylic acids is 1. The molecule has 7 heteroatoms. The number of benzene rings is 2. The van der Waals surface area contributed by atoms with Crippen LogP contribution in [0.15, 0.2) is 59.7 Å². The molecule has 0 aliphatic carbocycles. The summed E-state index contributed by atoms with van der Waals surface area (Å²) in [6.45, 7) is 5.54. The number of anilines is 2. The fourth-order valence-electron chi connectivity index (χ4n) is 3.47. The molecule has 2 aromatic carbocycles. The molecule has 0 atom stereocenters. The Morgan fingerprint density at radius 1 is 1.09 bits per heavy atom. The normalized spacial score (nSPS) is 12.8. The van der Waals surface area contributed by atoms with Crippen molar-refractivity contribution in [3.05, 3.63) is 70.9 Å². The Kier molecular flexibility index (Phi) is 5.65. The second-order valence-corrected chi connectivity index (χ2v) is 9.17. The van der Waals surface area contributed by atoms with E-state index in [9.17, 15) is 4.79 Å². The summed E-state index contributed by atoms with van der Waals surface area (Å²) in [6.07, 6.45) is 2.05. The van der Waals surface area contributed by atoms with Crippen LogP contribution in [0.5, 0.6) is 0 Å². The fourth-order valence-corrected chi connectivity index (χ4v) is 3.70. The van der Waals surface area contributed by atoms with E-state index in [-0.39, 0.29) is 0 Å². The lowest BCUT2D eigenvalue weighted by Crippen LogP contribution is -2.34. The fraction of sp³-hybridized carbons (Fsp3) is 0.240. The van der Waals surface area contributed by atoms with Crippen molar-refractivity contribution in [1.82, 2.24) is 4.98 Å². The topological polar surface area (TPSA) is 80.8 Å². The Hall–Kier alpha value is -3.38. The van der Waals surface area contributed by atoms with Crippen LogP contribution < -0.4 is 10.6 Å². The lowest BCUT2D eigenvalue weighted by atomic mass is 10.0. The number of hydrogen-bond acceptors (Lipinski definition) is 5. The van der Waals surface area contributed by atoms with Gasteiger partial charge in [0.05, 0.1) is 5.71 Å². The number of pyridine rings is 1. The maximum atomic E-state index is 12.3. The Morgan fingerprint density at radius 3 is 2.50 bits per heavy atom. The van der Waals surface area contributed by atoms with E-state index in [1.165, 1.54) is 4.90 Å². The van der Waals surface area contributed by atoms with Crippen LogP contribution in [0.3, 0.4) is 0 Å². The number of aliphatic imine (C=N–C) groups is 1. The molecule has 0 radical (unpaired) electrons. The Morgan fingerprint density at radius 2 is 1.81 bits per heavy atom. The summed E-state index contributed by atoms with van der Waals surface area (Å²) in [5.41, 5.74) is 11.5. The van der Waals surface area contributed by atoms with Crippen LogP contribution in [0.25, 0.3) is 11.1 Å². The van der Waals surface area contributed by atoms with E-state index < -0.39 is 11.7 Å². The second kappa shape index (κ2) is 8.28. The molecule has 0 saturated heterocycles. The van der Waals surface area contributed by atoms with Gasteiger partial charge in [0.25, 0.3) is 0 Å². The third kappa shape index (κ3) is 4.60. The minimum Gasteiger partial charge on any atom is -0.443 e. The van der Waals surface area contributed by atoms with Crippen LogP contribution in [0.4, 0.5) is 22.0 Å². The number of fused-ring (bicyclic) bond motifs is 1. The predicted molar refractivity (Wildman–Crippen MR) is 130 cm³/mol. The van der Waals surface area contributed by atoms with E-state index in [1.807, 2.05) is 51.1 Å². The average molecular weight is 449 g/mol. The smallest absolute Gasteiger partial charge is 0.414 e. The Balaban J connectivity index is 1.52. The minimum atomic E-state index is -0.544. The van der Waals surface area contributed by atoms with Crippen molar-refractivity contribution in [3.8, 4) is 11.1 Å². The first-order valence-electron chi connectivity index (χ1n) is 10.3. The summed E-state index contributed by atoms with van der Waals surface area (Å²) < 4.78 is 5.43. The van der Waals surface area contributed by atoms with Crippen molar-refractivity contribution < 1.29 is 9.53 Å². The molecule has 164 valence electrons. The molecule has 1 aromatic heterocycles. The highest BCUT2D eigenvalue weighted by Crippen LogP contribution is 2.33. The molecule has 1 amide bonds. The van der Waals surface area contributed by atoms with E-state index in [0.717, 1.165) is 33.7 Å². The van der Waals surface area contributed by atoms with E-state index in [4.69, 9.17) is 22.1 Å². The molecule has 0 unspecified atom stereocenters. The third-order valence-electron chi connectivity index (χ3n) is 5.10. The van der Waals surface area contributed by atoms with Gasteiger partial charge in [-0.15, -0.1) is 0 Å². The van der Waals surface area contributed by atoms with Crippen molar-refractivity contribution in [2.75, 3.05) is 17.7 Å². The van der Waals surface area contributed by atoms with Gasteiger partial charge in [-0.05, 0) is 62.7 Å². The van der Waals surface area contributed by atoms with Gasteiger partial charge in [-0.3, -0.25) is 4.90 Å². The summed E-state index contributed by atoms with van der Waals surface area (Å²) >= 11 is 6.35. The first-order chi connectivity index (χ1) is 15.1. The van der Waals surface area contributed by atoms with Gasteiger partial charge in [-0.25, -0.2) is 14.8 Å². The first kappa shape index (κ1) is 21.8. The molecule has 1 aliphatic heterocycles. The number of halogens is 1. The average Bonchev–Trinajstić information content (AvgIpc) is 3.17. The van der Waals surface area contributed by atoms with Crippen LogP contribution in [0, 0.1) is 0 Å². The van der Waals surface area contributed by atoms with Crippen molar-refractivity contribution >= 4 is 40.6 Å². The van der Waals surface area contributed by atoms with Gasteiger partial charge in [-0.1, -0.05) is 23.7 Å². The van der Waals surface area contributed by atoms with Crippen molar-refractivity contribution in [1.29, 1.82) is 0 Å². The van der Waals surface area contributed by atoms with Gasteiger partial charge in [0.15, 0.2) is 5.82 Å². The predicted octanol–water partition coefficient (Wildman–Crippen LogP) is 6.03. The lowest BCUT2D eigenvalue weighted by molar-refractivity contribution is 0.0589. The number of ether oxygens (including phenoxy) is 1. The third-order valence-corrected chi connectivity index (χ3v) is 5.43. The maximum Gasteiger partial charge on any atom is 0.414 e. The SMILES string of the molecule is CN(C(=O)OC(C)(C)C)c1ccc(-c2cnc3c(c2)CC(c2cc(N)ccc2Cl)=N3)cc1. The Labute approximate surface area is 192 Å². The van der Waals surface area contributed by atoms with Gasteiger partial charge < -0.3 is 10.5 Å². The molecule has 0 fully saturated rings. The largest absolute Gasteiger partial charge is 0.443 e.